The van der Waals surface area contributed by atoms with E-state index in [2.05, 4.69) is 25.9 Å². The zero-order chi connectivity index (χ0) is 13.2. The van der Waals surface area contributed by atoms with E-state index in [1.54, 1.807) is 6.92 Å². The molecule has 1 atom stereocenters. The number of hydrogen-bond acceptors (Lipinski definition) is 4. The summed E-state index contributed by atoms with van der Waals surface area (Å²) in [7, 11) is 1.50. The molecule has 1 aromatic heterocycles. The van der Waals surface area contributed by atoms with E-state index in [-0.39, 0.29) is 0 Å². The Kier molecular flexibility index (Phi) is 3.63. The summed E-state index contributed by atoms with van der Waals surface area (Å²) in [5.41, 5.74) is -0.178. The Morgan fingerprint density at radius 2 is 1.89 bits per heavy atom. The largest absolute Gasteiger partial charge is 0.480 e. The number of aromatic nitrogens is 2. The number of rotatable bonds is 3. The lowest BCUT2D eigenvalue weighted by atomic mass is 9.92. The lowest BCUT2D eigenvalue weighted by molar-refractivity contribution is 0.0922. The van der Waals surface area contributed by atoms with E-state index in [0.29, 0.717) is 17.1 Å². The van der Waals surface area contributed by atoms with Gasteiger partial charge >= 0.3 is 0 Å². The third-order valence-electron chi connectivity index (χ3n) is 2.72. The highest BCUT2D eigenvalue weighted by Crippen LogP contribution is 2.35. The fourth-order valence-corrected chi connectivity index (χ4v) is 2.46. The first-order chi connectivity index (χ1) is 8.57. The van der Waals surface area contributed by atoms with Gasteiger partial charge in [0.05, 0.1) is 7.11 Å². The van der Waals surface area contributed by atoms with Gasteiger partial charge < -0.3 is 9.84 Å². The molecule has 18 heavy (non-hydrogen) atoms. The van der Waals surface area contributed by atoms with Crippen LogP contribution in [-0.4, -0.2) is 22.2 Å². The van der Waals surface area contributed by atoms with Crippen LogP contribution in [-0.2, 0) is 5.60 Å². The van der Waals surface area contributed by atoms with Crippen LogP contribution in [0.3, 0.4) is 0 Å². The van der Waals surface area contributed by atoms with Gasteiger partial charge in [-0.15, -0.1) is 0 Å². The first-order valence-electron chi connectivity index (χ1n) is 5.40. The molecule has 1 heterocycles. The molecule has 1 N–H and O–H groups in total. The number of halogens is 1. The molecule has 0 aliphatic rings. The van der Waals surface area contributed by atoms with Crippen LogP contribution in [0.4, 0.5) is 0 Å². The molecule has 4 nitrogen and oxygen atoms in total. The topological polar surface area (TPSA) is 55.2 Å². The van der Waals surface area contributed by atoms with E-state index in [1.807, 2.05) is 24.3 Å². The summed E-state index contributed by atoms with van der Waals surface area (Å²) in [6, 6.07) is 7.44. The van der Waals surface area contributed by atoms with Gasteiger partial charge in [0.1, 0.15) is 11.3 Å². The first kappa shape index (κ1) is 13.0. The van der Waals surface area contributed by atoms with Crippen LogP contribution in [0.15, 0.2) is 41.1 Å². The quantitative estimate of drug-likeness (QED) is 0.946. The molecule has 5 heteroatoms. The minimum absolute atomic E-state index is 0.318. The Hall–Kier alpha value is -1.46. The summed E-state index contributed by atoms with van der Waals surface area (Å²) >= 11 is 3.43. The van der Waals surface area contributed by atoms with Gasteiger partial charge in [0.2, 0.25) is 5.88 Å². The second kappa shape index (κ2) is 5.04. The van der Waals surface area contributed by atoms with Crippen molar-refractivity contribution in [3.05, 3.63) is 52.4 Å². The highest BCUT2D eigenvalue weighted by atomic mass is 79.9. The van der Waals surface area contributed by atoms with Gasteiger partial charge in [0.15, 0.2) is 0 Å². The van der Waals surface area contributed by atoms with Gasteiger partial charge in [-0.1, -0.05) is 34.1 Å². The number of benzene rings is 1. The summed E-state index contributed by atoms with van der Waals surface area (Å²) in [6.07, 6.45) is 3.06. The molecular formula is C13H13BrN2O2. The molecule has 0 aliphatic carbocycles. The van der Waals surface area contributed by atoms with Gasteiger partial charge in [-0.2, -0.15) is 0 Å². The molecule has 0 radical (unpaired) electrons. The number of nitrogens with zero attached hydrogens (tertiary/aromatic N) is 2. The average Bonchev–Trinajstić information content (AvgIpc) is 2.39. The molecule has 0 aliphatic heterocycles. The van der Waals surface area contributed by atoms with Crippen LogP contribution in [0.1, 0.15) is 18.2 Å². The van der Waals surface area contributed by atoms with E-state index in [0.717, 1.165) is 4.47 Å². The molecule has 0 saturated heterocycles. The van der Waals surface area contributed by atoms with Gasteiger partial charge in [0.25, 0.3) is 0 Å². The lowest BCUT2D eigenvalue weighted by Gasteiger charge is -2.25. The van der Waals surface area contributed by atoms with Gasteiger partial charge in [-0.25, -0.2) is 4.98 Å². The fourth-order valence-electron chi connectivity index (χ4n) is 1.79. The van der Waals surface area contributed by atoms with E-state index in [9.17, 15) is 5.11 Å². The van der Waals surface area contributed by atoms with Gasteiger partial charge in [-0.05, 0) is 13.0 Å². The Morgan fingerprint density at radius 1 is 1.22 bits per heavy atom. The number of methoxy groups -OCH3 is 1. The van der Waals surface area contributed by atoms with Crippen LogP contribution >= 0.6 is 15.9 Å². The molecule has 1 unspecified atom stereocenters. The SMILES string of the molecule is COc1nccnc1C(C)(O)c1ccccc1Br. The Balaban J connectivity index is 2.58. The van der Waals surface area contributed by atoms with Crippen molar-refractivity contribution in [2.24, 2.45) is 0 Å². The van der Waals surface area contributed by atoms with Crippen LogP contribution in [0, 0.1) is 0 Å². The molecule has 2 aromatic rings. The van der Waals surface area contributed by atoms with E-state index >= 15 is 0 Å². The summed E-state index contributed by atoms with van der Waals surface area (Å²) < 4.78 is 5.95. The standard InChI is InChI=1S/C13H13BrN2O2/c1-13(17,9-5-3-4-6-10(9)14)11-12(18-2)16-8-7-15-11/h3-8,17H,1-2H3. The van der Waals surface area contributed by atoms with Crippen molar-refractivity contribution in [1.29, 1.82) is 0 Å². The maximum atomic E-state index is 10.7. The molecule has 0 saturated carbocycles. The number of hydrogen-bond donors (Lipinski definition) is 1. The Labute approximate surface area is 114 Å². The maximum absolute atomic E-state index is 10.7. The molecular weight excluding hydrogens is 296 g/mol. The van der Waals surface area contributed by atoms with Crippen LogP contribution in [0.25, 0.3) is 0 Å². The predicted octanol–water partition coefficient (Wildman–Crippen LogP) is 2.50. The lowest BCUT2D eigenvalue weighted by Crippen LogP contribution is -2.26. The van der Waals surface area contributed by atoms with Crippen molar-refractivity contribution in [2.75, 3.05) is 7.11 Å². The van der Waals surface area contributed by atoms with Crippen molar-refractivity contribution < 1.29 is 9.84 Å². The van der Waals surface area contributed by atoms with Crippen molar-refractivity contribution in [3.63, 3.8) is 0 Å². The summed E-state index contributed by atoms with van der Waals surface area (Å²) in [5.74, 6) is 0.318. The second-order valence-electron chi connectivity index (χ2n) is 3.97. The Morgan fingerprint density at radius 3 is 2.56 bits per heavy atom. The summed E-state index contributed by atoms with van der Waals surface area (Å²) in [4.78, 5) is 8.24. The van der Waals surface area contributed by atoms with E-state index < -0.39 is 5.60 Å². The molecule has 1 aromatic carbocycles. The van der Waals surface area contributed by atoms with E-state index in [1.165, 1.54) is 19.5 Å². The third-order valence-corrected chi connectivity index (χ3v) is 3.41. The second-order valence-corrected chi connectivity index (χ2v) is 4.82. The van der Waals surface area contributed by atoms with Crippen LogP contribution in [0.5, 0.6) is 5.88 Å². The average molecular weight is 309 g/mol. The van der Waals surface area contributed by atoms with E-state index in [4.69, 9.17) is 4.74 Å². The normalized spacial score (nSPS) is 14.0. The molecule has 2 rings (SSSR count). The Bertz CT molecular complexity index is 558. The minimum Gasteiger partial charge on any atom is -0.480 e. The van der Waals surface area contributed by atoms with Crippen LogP contribution < -0.4 is 4.74 Å². The number of aliphatic hydroxyl groups is 1. The highest BCUT2D eigenvalue weighted by molar-refractivity contribution is 9.10. The fraction of sp³-hybridized carbons (Fsp3) is 0.231. The summed E-state index contributed by atoms with van der Waals surface area (Å²) in [5, 5.41) is 10.7. The zero-order valence-electron chi connectivity index (χ0n) is 10.1. The predicted molar refractivity (Wildman–Crippen MR) is 71.4 cm³/mol. The molecule has 94 valence electrons. The van der Waals surface area contributed by atoms with Crippen molar-refractivity contribution in [1.82, 2.24) is 9.97 Å². The van der Waals surface area contributed by atoms with Crippen molar-refractivity contribution in [3.8, 4) is 5.88 Å². The molecule has 0 spiro atoms. The van der Waals surface area contributed by atoms with Gasteiger partial charge in [0, 0.05) is 22.4 Å². The smallest absolute Gasteiger partial charge is 0.238 e. The molecule has 0 fully saturated rings. The summed E-state index contributed by atoms with van der Waals surface area (Å²) in [6.45, 7) is 1.67. The molecule has 0 bridgehead atoms. The minimum atomic E-state index is -1.28. The monoisotopic (exact) mass is 308 g/mol. The zero-order valence-corrected chi connectivity index (χ0v) is 11.7. The third kappa shape index (κ3) is 2.23. The number of ether oxygens (including phenoxy) is 1. The van der Waals surface area contributed by atoms with Crippen molar-refractivity contribution >= 4 is 15.9 Å². The highest BCUT2D eigenvalue weighted by Gasteiger charge is 2.32. The first-order valence-corrected chi connectivity index (χ1v) is 6.19. The van der Waals surface area contributed by atoms with Crippen LogP contribution in [0.2, 0.25) is 0 Å². The van der Waals surface area contributed by atoms with Gasteiger partial charge in [-0.3, -0.25) is 4.98 Å². The maximum Gasteiger partial charge on any atom is 0.238 e. The molecule has 0 amide bonds. The van der Waals surface area contributed by atoms with Crippen molar-refractivity contribution in [2.45, 2.75) is 12.5 Å².